The van der Waals surface area contributed by atoms with Gasteiger partial charge in [-0.05, 0) is 27.7 Å². The van der Waals surface area contributed by atoms with Crippen molar-refractivity contribution in [1.82, 2.24) is 15.3 Å². The van der Waals surface area contributed by atoms with Gasteiger partial charge in [0, 0.05) is 11.4 Å². The predicted molar refractivity (Wildman–Crippen MR) is 68.1 cm³/mol. The molecule has 0 aromatic carbocycles. The lowest BCUT2D eigenvalue weighted by molar-refractivity contribution is 0.402. The molecule has 1 unspecified atom stereocenters. The van der Waals surface area contributed by atoms with Crippen LogP contribution < -0.4 is 5.32 Å². The summed E-state index contributed by atoms with van der Waals surface area (Å²) in [5.41, 5.74) is 1.12. The number of aryl methyl sites for hydroxylation is 3. The molecule has 0 radical (unpaired) electrons. The number of rotatable bonds is 4. The number of thiazole rings is 1. The van der Waals surface area contributed by atoms with Gasteiger partial charge in [-0.25, -0.2) is 9.97 Å². The topological polar surface area (TPSA) is 51.0 Å². The molecule has 17 heavy (non-hydrogen) atoms. The molecular weight excluding hydrogens is 234 g/mol. The largest absolute Gasteiger partial charge is 0.444 e. The molecule has 2 aromatic heterocycles. The lowest BCUT2D eigenvalue weighted by Gasteiger charge is -2.08. The van der Waals surface area contributed by atoms with Crippen LogP contribution >= 0.6 is 11.3 Å². The first kappa shape index (κ1) is 12.3. The smallest absolute Gasteiger partial charge is 0.211 e. The molecule has 92 valence electrons. The van der Waals surface area contributed by atoms with Gasteiger partial charge in [-0.3, -0.25) is 5.32 Å². The Morgan fingerprint density at radius 1 is 1.41 bits per heavy atom. The highest BCUT2D eigenvalue weighted by Gasteiger charge is 2.11. The first-order chi connectivity index (χ1) is 8.06. The minimum atomic E-state index is 0.105. The third-order valence-corrected chi connectivity index (χ3v) is 3.71. The monoisotopic (exact) mass is 251 g/mol. The Hall–Kier alpha value is -1.20. The van der Waals surface area contributed by atoms with Crippen LogP contribution in [0, 0.1) is 20.8 Å². The van der Waals surface area contributed by atoms with Crippen LogP contribution in [0.3, 0.4) is 0 Å². The van der Waals surface area contributed by atoms with Crippen molar-refractivity contribution >= 4 is 11.3 Å². The Bertz CT molecular complexity index is 484. The standard InChI is InChI=1S/C12H17N3OS/c1-7-5-14-12(16-7)9(3)13-6-11-15-8(2)10(4)17-11/h5,9,13H,6H2,1-4H3. The van der Waals surface area contributed by atoms with E-state index in [4.69, 9.17) is 4.42 Å². The number of hydrogen-bond donors (Lipinski definition) is 1. The molecular formula is C12H17N3OS. The van der Waals surface area contributed by atoms with Gasteiger partial charge in [-0.2, -0.15) is 0 Å². The Kier molecular flexibility index (Phi) is 3.59. The lowest BCUT2D eigenvalue weighted by atomic mass is 10.3. The summed E-state index contributed by atoms with van der Waals surface area (Å²) in [5.74, 6) is 1.57. The van der Waals surface area contributed by atoms with E-state index in [9.17, 15) is 0 Å². The third-order valence-electron chi connectivity index (χ3n) is 2.64. The van der Waals surface area contributed by atoms with Crippen LogP contribution in [0.5, 0.6) is 0 Å². The SMILES string of the molecule is Cc1cnc(C(C)NCc2nc(C)c(C)s2)o1. The second kappa shape index (κ2) is 4.98. The van der Waals surface area contributed by atoms with Crippen LogP contribution in [0.25, 0.3) is 0 Å². The highest BCUT2D eigenvalue weighted by molar-refractivity contribution is 7.11. The van der Waals surface area contributed by atoms with E-state index < -0.39 is 0 Å². The molecule has 2 heterocycles. The highest BCUT2D eigenvalue weighted by atomic mass is 32.1. The van der Waals surface area contributed by atoms with E-state index in [0.29, 0.717) is 0 Å². The summed E-state index contributed by atoms with van der Waals surface area (Å²) in [4.78, 5) is 9.97. The van der Waals surface area contributed by atoms with Crippen molar-refractivity contribution in [2.24, 2.45) is 0 Å². The van der Waals surface area contributed by atoms with Gasteiger partial charge < -0.3 is 4.42 Å². The van der Waals surface area contributed by atoms with Gasteiger partial charge in [0.15, 0.2) is 0 Å². The van der Waals surface area contributed by atoms with Crippen LogP contribution in [0.2, 0.25) is 0 Å². The molecule has 0 spiro atoms. The van der Waals surface area contributed by atoms with E-state index in [1.807, 2.05) is 20.8 Å². The van der Waals surface area contributed by atoms with E-state index in [1.54, 1.807) is 17.5 Å². The minimum absolute atomic E-state index is 0.105. The van der Waals surface area contributed by atoms with Crippen molar-refractivity contribution in [1.29, 1.82) is 0 Å². The maximum absolute atomic E-state index is 5.47. The van der Waals surface area contributed by atoms with Crippen LogP contribution in [0.15, 0.2) is 10.6 Å². The van der Waals surface area contributed by atoms with E-state index in [0.717, 1.165) is 28.9 Å². The average molecular weight is 251 g/mol. The fourth-order valence-corrected chi connectivity index (χ4v) is 2.40. The molecule has 1 atom stereocenters. The zero-order valence-corrected chi connectivity index (χ0v) is 11.4. The highest BCUT2D eigenvalue weighted by Crippen LogP contribution is 2.18. The zero-order chi connectivity index (χ0) is 12.4. The van der Waals surface area contributed by atoms with E-state index in [1.165, 1.54) is 4.88 Å². The summed E-state index contributed by atoms with van der Waals surface area (Å²) in [5, 5.41) is 4.47. The maximum Gasteiger partial charge on any atom is 0.211 e. The summed E-state index contributed by atoms with van der Waals surface area (Å²) in [6.45, 7) is 8.82. The molecule has 0 saturated heterocycles. The predicted octanol–water partition coefficient (Wildman–Crippen LogP) is 2.91. The Morgan fingerprint density at radius 2 is 2.18 bits per heavy atom. The first-order valence-electron chi connectivity index (χ1n) is 5.65. The molecule has 5 heteroatoms. The quantitative estimate of drug-likeness (QED) is 0.907. The second-order valence-corrected chi connectivity index (χ2v) is 5.45. The maximum atomic E-state index is 5.47. The molecule has 0 aliphatic carbocycles. The van der Waals surface area contributed by atoms with E-state index in [-0.39, 0.29) is 6.04 Å². The average Bonchev–Trinajstić information content (AvgIpc) is 2.83. The Morgan fingerprint density at radius 3 is 2.71 bits per heavy atom. The van der Waals surface area contributed by atoms with Gasteiger partial charge in [0.25, 0.3) is 0 Å². The molecule has 2 rings (SSSR count). The van der Waals surface area contributed by atoms with Crippen LogP contribution in [0.4, 0.5) is 0 Å². The second-order valence-electron chi connectivity index (χ2n) is 4.16. The molecule has 0 aliphatic rings. The number of nitrogens with one attached hydrogen (secondary N) is 1. The number of oxazole rings is 1. The third kappa shape index (κ3) is 2.92. The zero-order valence-electron chi connectivity index (χ0n) is 10.6. The van der Waals surface area contributed by atoms with Crippen LogP contribution in [0.1, 0.15) is 40.2 Å². The number of nitrogens with zero attached hydrogens (tertiary/aromatic N) is 2. The first-order valence-corrected chi connectivity index (χ1v) is 6.46. The van der Waals surface area contributed by atoms with E-state index in [2.05, 4.69) is 22.2 Å². The van der Waals surface area contributed by atoms with Gasteiger partial charge in [0.1, 0.15) is 10.8 Å². The molecule has 0 fully saturated rings. The summed E-state index contributed by atoms with van der Waals surface area (Å²) in [6.07, 6.45) is 1.74. The van der Waals surface area contributed by atoms with Crippen molar-refractivity contribution < 1.29 is 4.42 Å². The molecule has 0 amide bonds. The molecule has 4 nitrogen and oxygen atoms in total. The number of hydrogen-bond acceptors (Lipinski definition) is 5. The van der Waals surface area contributed by atoms with Crippen molar-refractivity contribution in [3.63, 3.8) is 0 Å². The van der Waals surface area contributed by atoms with E-state index >= 15 is 0 Å². The minimum Gasteiger partial charge on any atom is -0.444 e. The van der Waals surface area contributed by atoms with Crippen LogP contribution in [-0.2, 0) is 6.54 Å². The molecule has 0 bridgehead atoms. The number of aromatic nitrogens is 2. The van der Waals surface area contributed by atoms with Crippen molar-refractivity contribution in [2.75, 3.05) is 0 Å². The fourth-order valence-electron chi connectivity index (χ4n) is 1.51. The summed E-state index contributed by atoms with van der Waals surface area (Å²) < 4.78 is 5.47. The summed E-state index contributed by atoms with van der Waals surface area (Å²) in [6, 6.07) is 0.105. The molecule has 0 aliphatic heterocycles. The normalized spacial score (nSPS) is 12.9. The Labute approximate surface area is 105 Å². The van der Waals surface area contributed by atoms with Crippen LogP contribution in [-0.4, -0.2) is 9.97 Å². The fraction of sp³-hybridized carbons (Fsp3) is 0.500. The van der Waals surface area contributed by atoms with Gasteiger partial charge in [0.2, 0.25) is 5.89 Å². The molecule has 1 N–H and O–H groups in total. The van der Waals surface area contributed by atoms with Crippen molar-refractivity contribution in [3.8, 4) is 0 Å². The van der Waals surface area contributed by atoms with Crippen molar-refractivity contribution in [2.45, 2.75) is 40.3 Å². The van der Waals surface area contributed by atoms with Crippen molar-refractivity contribution in [3.05, 3.63) is 33.4 Å². The van der Waals surface area contributed by atoms with Gasteiger partial charge in [0.05, 0.1) is 17.9 Å². The molecule has 2 aromatic rings. The lowest BCUT2D eigenvalue weighted by Crippen LogP contribution is -2.18. The molecule has 0 saturated carbocycles. The van der Waals surface area contributed by atoms with Gasteiger partial charge >= 0.3 is 0 Å². The summed E-state index contributed by atoms with van der Waals surface area (Å²) >= 11 is 1.73. The Balaban J connectivity index is 1.94. The summed E-state index contributed by atoms with van der Waals surface area (Å²) in [7, 11) is 0. The van der Waals surface area contributed by atoms with Gasteiger partial charge in [-0.15, -0.1) is 11.3 Å². The van der Waals surface area contributed by atoms with Gasteiger partial charge in [-0.1, -0.05) is 0 Å².